The lowest BCUT2D eigenvalue weighted by Crippen LogP contribution is -1.88. The van der Waals surface area contributed by atoms with Crippen LogP contribution >= 0.6 is 11.3 Å². The Bertz CT molecular complexity index is 2330. The molecule has 0 aliphatic rings. The Hall–Kier alpha value is -4.98. The van der Waals surface area contributed by atoms with Crippen LogP contribution in [0.25, 0.3) is 69.2 Å². The highest BCUT2D eigenvalue weighted by molar-refractivity contribution is 7.26. The molecule has 0 bridgehead atoms. The van der Waals surface area contributed by atoms with Crippen LogP contribution in [0.15, 0.2) is 152 Å². The first-order valence-electron chi connectivity index (χ1n) is 14.9. The zero-order chi connectivity index (χ0) is 28.8. The smallest absolute Gasteiger partial charge is 0.0434 e. The van der Waals surface area contributed by atoms with E-state index < -0.39 is 0 Å². The molecule has 0 atom stereocenters. The first-order chi connectivity index (χ1) is 21.3. The fourth-order valence-electron chi connectivity index (χ4n) is 6.65. The summed E-state index contributed by atoms with van der Waals surface area (Å²) in [7, 11) is 0. The van der Waals surface area contributed by atoms with E-state index in [4.69, 9.17) is 0 Å². The second-order valence-electron chi connectivity index (χ2n) is 11.2. The lowest BCUT2D eigenvalue weighted by molar-refractivity contribution is 1.29. The average Bonchev–Trinajstić information content (AvgIpc) is 3.46. The summed E-state index contributed by atoms with van der Waals surface area (Å²) in [6, 6.07) is 48.9. The van der Waals surface area contributed by atoms with Crippen molar-refractivity contribution in [2.75, 3.05) is 0 Å². The normalized spacial score (nSPS) is 12.4. The maximum Gasteiger partial charge on any atom is 0.0434 e. The van der Waals surface area contributed by atoms with Gasteiger partial charge in [0.25, 0.3) is 0 Å². The molecule has 0 saturated carbocycles. The van der Waals surface area contributed by atoms with E-state index in [1.165, 1.54) is 80.3 Å². The van der Waals surface area contributed by atoms with Crippen LogP contribution in [0.5, 0.6) is 0 Å². The summed E-state index contributed by atoms with van der Waals surface area (Å²) in [5.41, 5.74) is 6.46. The maximum absolute atomic E-state index is 2.40. The van der Waals surface area contributed by atoms with Crippen LogP contribution in [-0.4, -0.2) is 0 Å². The molecular formula is C42H30S. The quantitative estimate of drug-likeness (QED) is 0.144. The number of hydrogen-bond acceptors (Lipinski definition) is 1. The lowest BCUT2D eigenvalue weighted by Gasteiger charge is -2.11. The van der Waals surface area contributed by atoms with E-state index in [9.17, 15) is 0 Å². The molecular weight excluding hydrogens is 537 g/mol. The van der Waals surface area contributed by atoms with Crippen molar-refractivity contribution in [1.82, 2.24) is 0 Å². The third-order valence-electron chi connectivity index (χ3n) is 8.63. The Morgan fingerprint density at radius 1 is 0.535 bits per heavy atom. The van der Waals surface area contributed by atoms with Crippen LogP contribution in [0.4, 0.5) is 0 Å². The summed E-state index contributed by atoms with van der Waals surface area (Å²) in [5.74, 6) is 0. The van der Waals surface area contributed by atoms with Crippen molar-refractivity contribution in [3.05, 3.63) is 163 Å². The first kappa shape index (κ1) is 25.7. The van der Waals surface area contributed by atoms with Gasteiger partial charge >= 0.3 is 0 Å². The van der Waals surface area contributed by atoms with Gasteiger partial charge in [0.05, 0.1) is 0 Å². The standard InChI is InChI=1S/C42H30S/c1-2-12-29(31-19-10-21-38-39-22-11-20-32(42(39)43-41(31)38)30-13-4-3-5-14-30)25-23-28-24-26-37-35-17-7-6-15-33(35)34-16-8-9-18-36(34)40(37)27-28/h2-22,24-27H,23H2,1H3/b12-2-,29-25+. The number of allylic oxidation sites excluding steroid dienone is 4. The molecule has 0 spiro atoms. The molecule has 1 heteroatoms. The molecule has 0 fully saturated rings. The molecule has 8 rings (SSSR count). The fraction of sp³-hybridized carbons (Fsp3) is 0.0476. The maximum atomic E-state index is 2.40. The van der Waals surface area contributed by atoms with Crippen molar-refractivity contribution in [3.8, 4) is 11.1 Å². The summed E-state index contributed by atoms with van der Waals surface area (Å²) in [6.45, 7) is 2.11. The van der Waals surface area contributed by atoms with Gasteiger partial charge in [0.15, 0.2) is 0 Å². The second kappa shape index (κ2) is 10.7. The van der Waals surface area contributed by atoms with Crippen LogP contribution in [0, 0.1) is 0 Å². The van der Waals surface area contributed by atoms with E-state index in [0.29, 0.717) is 0 Å². The van der Waals surface area contributed by atoms with Crippen LogP contribution in [-0.2, 0) is 6.42 Å². The predicted molar refractivity (Wildman–Crippen MR) is 190 cm³/mol. The highest BCUT2D eigenvalue weighted by atomic mass is 32.1. The summed E-state index contributed by atoms with van der Waals surface area (Å²) < 4.78 is 2.70. The molecule has 1 heterocycles. The van der Waals surface area contributed by atoms with Crippen molar-refractivity contribution in [1.29, 1.82) is 0 Å². The Kier molecular flexibility index (Phi) is 6.39. The van der Waals surface area contributed by atoms with E-state index in [1.54, 1.807) is 0 Å². The van der Waals surface area contributed by atoms with Gasteiger partial charge in [-0.15, -0.1) is 11.3 Å². The van der Waals surface area contributed by atoms with Crippen molar-refractivity contribution in [2.24, 2.45) is 0 Å². The molecule has 43 heavy (non-hydrogen) atoms. The SMILES string of the molecule is C/C=C\C(=C/Cc1ccc2c3ccccc3c3ccccc3c2c1)c1cccc2c1sc1c(-c3ccccc3)cccc12. The highest BCUT2D eigenvalue weighted by Gasteiger charge is 2.14. The molecule has 0 N–H and O–H groups in total. The second-order valence-corrected chi connectivity index (χ2v) is 12.2. The minimum Gasteiger partial charge on any atom is -0.134 e. The predicted octanol–water partition coefficient (Wildman–Crippen LogP) is 12.4. The Balaban J connectivity index is 1.25. The minimum absolute atomic E-state index is 0.868. The number of benzene rings is 7. The molecule has 0 aliphatic carbocycles. The van der Waals surface area contributed by atoms with Gasteiger partial charge in [0.1, 0.15) is 0 Å². The molecule has 0 unspecified atom stereocenters. The van der Waals surface area contributed by atoms with Gasteiger partial charge in [-0.25, -0.2) is 0 Å². The molecule has 0 aliphatic heterocycles. The summed E-state index contributed by atoms with van der Waals surface area (Å²) in [6.07, 6.45) is 7.70. The van der Waals surface area contributed by atoms with Gasteiger partial charge in [0, 0.05) is 20.2 Å². The summed E-state index contributed by atoms with van der Waals surface area (Å²) in [4.78, 5) is 0. The monoisotopic (exact) mass is 566 g/mol. The molecule has 204 valence electrons. The van der Waals surface area contributed by atoms with Gasteiger partial charge in [-0.3, -0.25) is 0 Å². The number of rotatable bonds is 5. The molecule has 0 amide bonds. The van der Waals surface area contributed by atoms with Crippen LogP contribution in [0.2, 0.25) is 0 Å². The zero-order valence-corrected chi connectivity index (χ0v) is 24.9. The number of fused-ring (bicyclic) bond motifs is 9. The topological polar surface area (TPSA) is 0 Å². The van der Waals surface area contributed by atoms with Crippen LogP contribution < -0.4 is 0 Å². The lowest BCUT2D eigenvalue weighted by atomic mass is 9.92. The summed E-state index contributed by atoms with van der Waals surface area (Å²) in [5, 5.41) is 10.6. The van der Waals surface area contributed by atoms with Gasteiger partial charge in [0.2, 0.25) is 0 Å². The Morgan fingerprint density at radius 3 is 1.81 bits per heavy atom. The van der Waals surface area contributed by atoms with E-state index >= 15 is 0 Å². The molecule has 0 radical (unpaired) electrons. The third kappa shape index (κ3) is 4.36. The van der Waals surface area contributed by atoms with Crippen molar-refractivity contribution in [2.45, 2.75) is 13.3 Å². The first-order valence-corrected chi connectivity index (χ1v) is 15.8. The average molecular weight is 567 g/mol. The van der Waals surface area contributed by atoms with Crippen molar-refractivity contribution < 1.29 is 0 Å². The van der Waals surface area contributed by atoms with E-state index in [-0.39, 0.29) is 0 Å². The Labute approximate surface area is 255 Å². The van der Waals surface area contributed by atoms with Gasteiger partial charge in [-0.2, -0.15) is 0 Å². The molecule has 7 aromatic carbocycles. The summed E-state index contributed by atoms with van der Waals surface area (Å²) >= 11 is 1.92. The van der Waals surface area contributed by atoms with E-state index in [0.717, 1.165) is 6.42 Å². The zero-order valence-electron chi connectivity index (χ0n) is 24.0. The molecule has 1 aromatic heterocycles. The van der Waals surface area contributed by atoms with Gasteiger partial charge in [-0.05, 0) is 73.5 Å². The third-order valence-corrected chi connectivity index (χ3v) is 9.92. The van der Waals surface area contributed by atoms with E-state index in [1.807, 2.05) is 11.3 Å². The van der Waals surface area contributed by atoms with Crippen molar-refractivity contribution >= 4 is 69.4 Å². The van der Waals surface area contributed by atoms with Gasteiger partial charge < -0.3 is 0 Å². The molecule has 8 aromatic rings. The van der Waals surface area contributed by atoms with Crippen LogP contribution in [0.3, 0.4) is 0 Å². The minimum atomic E-state index is 0.868. The van der Waals surface area contributed by atoms with Crippen LogP contribution in [0.1, 0.15) is 18.1 Å². The molecule has 0 nitrogen and oxygen atoms in total. The molecule has 0 saturated heterocycles. The van der Waals surface area contributed by atoms with Crippen molar-refractivity contribution in [3.63, 3.8) is 0 Å². The largest absolute Gasteiger partial charge is 0.134 e. The fourth-order valence-corrected chi connectivity index (χ4v) is 8.02. The Morgan fingerprint density at radius 2 is 1.12 bits per heavy atom. The van der Waals surface area contributed by atoms with E-state index in [2.05, 4.69) is 159 Å². The number of thiophene rings is 1. The highest BCUT2D eigenvalue weighted by Crippen LogP contribution is 2.43. The number of hydrogen-bond donors (Lipinski definition) is 0. The van der Waals surface area contributed by atoms with Gasteiger partial charge in [-0.1, -0.05) is 152 Å².